The average Bonchev–Trinajstić information content (AvgIpc) is 2.19. The van der Waals surface area contributed by atoms with Gasteiger partial charge in [0.05, 0.1) is 12.2 Å². The Morgan fingerprint density at radius 3 is 2.62 bits per heavy atom. The molecule has 13 heavy (non-hydrogen) atoms. The van der Waals surface area contributed by atoms with Gasteiger partial charge >= 0.3 is 5.97 Å². The van der Waals surface area contributed by atoms with Gasteiger partial charge < -0.3 is 0 Å². The minimum Gasteiger partial charge on any atom is -0.293 e. The van der Waals surface area contributed by atoms with Gasteiger partial charge in [-0.25, -0.2) is 4.79 Å². The molecule has 0 atom stereocenters. The summed E-state index contributed by atoms with van der Waals surface area (Å²) in [6.45, 7) is 3.86. The van der Waals surface area contributed by atoms with Gasteiger partial charge in [-0.1, -0.05) is 25.1 Å². The summed E-state index contributed by atoms with van der Waals surface area (Å²) >= 11 is 0. The number of carbonyl (C=O) groups is 1. The summed E-state index contributed by atoms with van der Waals surface area (Å²) in [5.74, 6) is -0.478. The molecule has 0 aromatic heterocycles. The smallest absolute Gasteiger partial charge is 0.293 e. The van der Waals surface area contributed by atoms with Gasteiger partial charge in [0.2, 0.25) is 0 Å². The van der Waals surface area contributed by atoms with Crippen molar-refractivity contribution < 1.29 is 14.6 Å². The molecule has 0 saturated heterocycles. The molecule has 1 radical (unpaired) electrons. The Labute approximate surface area is 77.2 Å². The Balaban J connectivity index is 2.40. The van der Waals surface area contributed by atoms with Crippen LogP contribution in [0.2, 0.25) is 0 Å². The van der Waals surface area contributed by atoms with E-state index >= 15 is 0 Å². The van der Waals surface area contributed by atoms with Crippen molar-refractivity contribution in [2.24, 2.45) is 0 Å². The molecule has 1 aromatic rings. The second kappa shape index (κ2) is 5.32. The fourth-order valence-electron chi connectivity index (χ4n) is 0.776. The minimum absolute atomic E-state index is 0.318. The molecule has 3 nitrogen and oxygen atoms in total. The Morgan fingerprint density at radius 1 is 1.31 bits per heavy atom. The van der Waals surface area contributed by atoms with E-state index in [1.54, 1.807) is 24.3 Å². The Morgan fingerprint density at radius 2 is 2.00 bits per heavy atom. The molecule has 69 valence electrons. The quantitative estimate of drug-likeness (QED) is 0.403. The van der Waals surface area contributed by atoms with E-state index in [9.17, 15) is 4.79 Å². The SMILES string of the molecule is [CH2]CCOOC(=O)c1ccccc1. The van der Waals surface area contributed by atoms with Gasteiger partial charge in [-0.2, -0.15) is 4.89 Å². The maximum absolute atomic E-state index is 11.2. The van der Waals surface area contributed by atoms with Crippen LogP contribution in [-0.2, 0) is 9.78 Å². The zero-order valence-corrected chi connectivity index (χ0v) is 7.23. The molecule has 0 bridgehead atoms. The van der Waals surface area contributed by atoms with E-state index in [0.717, 1.165) is 0 Å². The summed E-state index contributed by atoms with van der Waals surface area (Å²) in [5.41, 5.74) is 0.478. The summed E-state index contributed by atoms with van der Waals surface area (Å²) in [7, 11) is 0. The Hall–Kier alpha value is -1.35. The van der Waals surface area contributed by atoms with Crippen LogP contribution in [0.3, 0.4) is 0 Å². The summed E-state index contributed by atoms with van der Waals surface area (Å²) < 4.78 is 0. The van der Waals surface area contributed by atoms with E-state index in [4.69, 9.17) is 0 Å². The average molecular weight is 179 g/mol. The molecule has 0 heterocycles. The number of benzene rings is 1. The zero-order chi connectivity index (χ0) is 9.52. The molecule has 0 aliphatic carbocycles. The molecule has 0 aliphatic heterocycles. The lowest BCUT2D eigenvalue weighted by Crippen LogP contribution is -2.06. The first-order chi connectivity index (χ1) is 6.34. The summed E-state index contributed by atoms with van der Waals surface area (Å²) in [5, 5.41) is 0. The van der Waals surface area contributed by atoms with Crippen LogP contribution in [0.25, 0.3) is 0 Å². The lowest BCUT2D eigenvalue weighted by Gasteiger charge is -2.01. The number of rotatable bonds is 4. The first-order valence-corrected chi connectivity index (χ1v) is 4.02. The summed E-state index contributed by atoms with van der Waals surface area (Å²) in [4.78, 5) is 20.2. The van der Waals surface area contributed by atoms with Crippen molar-refractivity contribution in [2.45, 2.75) is 6.42 Å². The van der Waals surface area contributed by atoms with Crippen LogP contribution in [-0.4, -0.2) is 12.6 Å². The molecule has 0 amide bonds. The Bertz CT molecular complexity index is 256. The molecular weight excluding hydrogens is 168 g/mol. The molecule has 0 N–H and O–H groups in total. The first-order valence-electron chi connectivity index (χ1n) is 4.02. The Kier molecular flexibility index (Phi) is 3.99. The van der Waals surface area contributed by atoms with Crippen molar-refractivity contribution in [3.63, 3.8) is 0 Å². The number of hydrogen-bond acceptors (Lipinski definition) is 3. The maximum atomic E-state index is 11.2. The van der Waals surface area contributed by atoms with E-state index in [-0.39, 0.29) is 0 Å². The standard InChI is InChI=1S/C10H11O3/c1-2-8-12-13-10(11)9-6-4-3-5-7-9/h3-7H,1-2,8H2. The molecule has 0 fully saturated rings. The van der Waals surface area contributed by atoms with Crippen molar-refractivity contribution >= 4 is 5.97 Å². The molecule has 1 rings (SSSR count). The van der Waals surface area contributed by atoms with Gasteiger partial charge in [0.25, 0.3) is 0 Å². The van der Waals surface area contributed by atoms with Crippen LogP contribution < -0.4 is 0 Å². The third-order valence-electron chi connectivity index (χ3n) is 1.37. The fourth-order valence-corrected chi connectivity index (χ4v) is 0.776. The van der Waals surface area contributed by atoms with Crippen molar-refractivity contribution in [1.29, 1.82) is 0 Å². The summed E-state index contributed by atoms with van der Waals surface area (Å²) in [6, 6.07) is 8.68. The third-order valence-corrected chi connectivity index (χ3v) is 1.37. The second-order valence-electron chi connectivity index (χ2n) is 2.41. The van der Waals surface area contributed by atoms with Gasteiger partial charge in [-0.3, -0.25) is 4.89 Å². The molecular formula is C10H11O3. The lowest BCUT2D eigenvalue weighted by atomic mass is 10.2. The largest absolute Gasteiger partial charge is 0.373 e. The highest BCUT2D eigenvalue weighted by atomic mass is 17.2. The second-order valence-corrected chi connectivity index (χ2v) is 2.41. The van der Waals surface area contributed by atoms with Gasteiger partial charge in [-0.15, -0.1) is 0 Å². The van der Waals surface area contributed by atoms with Gasteiger partial charge in [0.1, 0.15) is 0 Å². The zero-order valence-electron chi connectivity index (χ0n) is 7.23. The van der Waals surface area contributed by atoms with E-state index in [2.05, 4.69) is 16.7 Å². The highest BCUT2D eigenvalue weighted by Crippen LogP contribution is 2.01. The lowest BCUT2D eigenvalue weighted by molar-refractivity contribution is -0.239. The maximum Gasteiger partial charge on any atom is 0.373 e. The predicted molar refractivity (Wildman–Crippen MR) is 47.8 cm³/mol. The topological polar surface area (TPSA) is 35.5 Å². The third kappa shape index (κ3) is 3.25. The van der Waals surface area contributed by atoms with Crippen molar-refractivity contribution in [3.05, 3.63) is 42.8 Å². The van der Waals surface area contributed by atoms with Gasteiger partial charge in [0, 0.05) is 0 Å². The number of carbonyl (C=O) groups excluding carboxylic acids is 1. The van der Waals surface area contributed by atoms with Crippen LogP contribution in [0.5, 0.6) is 0 Å². The van der Waals surface area contributed by atoms with Crippen molar-refractivity contribution in [3.8, 4) is 0 Å². The van der Waals surface area contributed by atoms with Crippen molar-refractivity contribution in [1.82, 2.24) is 0 Å². The van der Waals surface area contributed by atoms with Crippen LogP contribution in [0.15, 0.2) is 30.3 Å². The van der Waals surface area contributed by atoms with Crippen LogP contribution in [0.1, 0.15) is 16.8 Å². The van der Waals surface area contributed by atoms with E-state index in [1.807, 2.05) is 6.07 Å². The van der Waals surface area contributed by atoms with Crippen LogP contribution >= 0.6 is 0 Å². The minimum atomic E-state index is -0.478. The monoisotopic (exact) mass is 179 g/mol. The molecule has 3 heteroatoms. The molecule has 0 aliphatic rings. The summed E-state index contributed by atoms with van der Waals surface area (Å²) in [6.07, 6.45) is 0.571. The van der Waals surface area contributed by atoms with Crippen LogP contribution in [0, 0.1) is 6.92 Å². The van der Waals surface area contributed by atoms with E-state index in [1.165, 1.54) is 0 Å². The molecule has 0 saturated carbocycles. The molecule has 1 aromatic carbocycles. The van der Waals surface area contributed by atoms with Crippen LogP contribution in [0.4, 0.5) is 0 Å². The van der Waals surface area contributed by atoms with E-state index < -0.39 is 5.97 Å². The molecule has 0 unspecified atom stereocenters. The predicted octanol–water partition coefficient (Wildman–Crippen LogP) is 2.00. The highest BCUT2D eigenvalue weighted by molar-refractivity contribution is 5.88. The highest BCUT2D eigenvalue weighted by Gasteiger charge is 2.05. The first kappa shape index (κ1) is 9.74. The van der Waals surface area contributed by atoms with Crippen molar-refractivity contribution in [2.75, 3.05) is 6.61 Å². The van der Waals surface area contributed by atoms with E-state index in [0.29, 0.717) is 18.6 Å². The van der Waals surface area contributed by atoms with Gasteiger partial charge in [-0.05, 0) is 18.6 Å². The fraction of sp³-hybridized carbons (Fsp3) is 0.200. The number of hydrogen-bond donors (Lipinski definition) is 0. The molecule has 0 spiro atoms. The van der Waals surface area contributed by atoms with Gasteiger partial charge in [0.15, 0.2) is 0 Å². The normalized spacial score (nSPS) is 9.62.